The summed E-state index contributed by atoms with van der Waals surface area (Å²) in [5.41, 5.74) is -0.383. The molecule has 0 aliphatic rings. The highest BCUT2D eigenvalue weighted by atomic mass is 19.1. The van der Waals surface area contributed by atoms with Crippen molar-refractivity contribution >= 4 is 10.8 Å². The lowest BCUT2D eigenvalue weighted by Gasteiger charge is -1.98. The number of nitrogens with one attached hydrogen (secondary N) is 1. The number of benzene rings is 1. The van der Waals surface area contributed by atoms with E-state index in [0.29, 0.717) is 0 Å². The van der Waals surface area contributed by atoms with Gasteiger partial charge in [-0.3, -0.25) is 4.79 Å². The number of aromatic nitrogens is 1. The van der Waals surface area contributed by atoms with Crippen LogP contribution in [0.5, 0.6) is 0 Å². The summed E-state index contributed by atoms with van der Waals surface area (Å²) in [6, 6.07) is 7.31. The number of hydrogen-bond acceptors (Lipinski definition) is 2. The van der Waals surface area contributed by atoms with E-state index in [1.807, 2.05) is 0 Å². The highest BCUT2D eigenvalue weighted by molar-refractivity contribution is 5.82. The van der Waals surface area contributed by atoms with Gasteiger partial charge in [-0.25, -0.2) is 4.39 Å². The lowest BCUT2D eigenvalue weighted by atomic mass is 10.1. The number of rotatable bonds is 0. The van der Waals surface area contributed by atoms with Gasteiger partial charge in [-0.1, -0.05) is 6.07 Å². The Labute approximate surface area is 78.4 Å². The number of nitrogens with zero attached hydrogens (tertiary/aromatic N) is 1. The third-order valence-corrected chi connectivity index (χ3v) is 1.95. The van der Waals surface area contributed by atoms with Gasteiger partial charge in [-0.05, 0) is 18.2 Å². The first-order valence-electron chi connectivity index (χ1n) is 3.94. The van der Waals surface area contributed by atoms with E-state index >= 15 is 0 Å². The zero-order valence-electron chi connectivity index (χ0n) is 7.04. The SMILES string of the molecule is N#Cc1cc2c(F)cccc2c(=O)[nH]1. The van der Waals surface area contributed by atoms with Gasteiger partial charge >= 0.3 is 0 Å². The van der Waals surface area contributed by atoms with Crippen LogP contribution in [0, 0.1) is 17.1 Å². The van der Waals surface area contributed by atoms with Gasteiger partial charge < -0.3 is 4.98 Å². The quantitative estimate of drug-likeness (QED) is 0.681. The predicted octanol–water partition coefficient (Wildman–Crippen LogP) is 1.54. The van der Waals surface area contributed by atoms with Crippen LogP contribution in [0.4, 0.5) is 4.39 Å². The predicted molar refractivity (Wildman–Crippen MR) is 49.2 cm³/mol. The third-order valence-electron chi connectivity index (χ3n) is 1.95. The van der Waals surface area contributed by atoms with Crippen molar-refractivity contribution in [2.45, 2.75) is 0 Å². The van der Waals surface area contributed by atoms with Crippen molar-refractivity contribution in [3.63, 3.8) is 0 Å². The van der Waals surface area contributed by atoms with E-state index in [1.165, 1.54) is 24.3 Å². The summed E-state index contributed by atoms with van der Waals surface area (Å²) in [5, 5.41) is 9.00. The molecule has 14 heavy (non-hydrogen) atoms. The number of pyridine rings is 1. The molecule has 0 saturated heterocycles. The van der Waals surface area contributed by atoms with E-state index in [9.17, 15) is 9.18 Å². The fourth-order valence-corrected chi connectivity index (χ4v) is 1.31. The summed E-state index contributed by atoms with van der Waals surface area (Å²) < 4.78 is 13.2. The molecule has 0 radical (unpaired) electrons. The van der Waals surface area contributed by atoms with Gasteiger partial charge in [0.1, 0.15) is 17.6 Å². The Morgan fingerprint density at radius 2 is 2.14 bits per heavy atom. The molecule has 4 heteroatoms. The Bertz CT molecular complexity index is 595. The van der Waals surface area contributed by atoms with Crippen LogP contribution >= 0.6 is 0 Å². The zero-order chi connectivity index (χ0) is 10.1. The summed E-state index contributed by atoms with van der Waals surface area (Å²) in [5.74, 6) is -0.495. The summed E-state index contributed by atoms with van der Waals surface area (Å²) in [4.78, 5) is 13.7. The normalized spacial score (nSPS) is 10.0. The summed E-state index contributed by atoms with van der Waals surface area (Å²) >= 11 is 0. The van der Waals surface area contributed by atoms with Crippen molar-refractivity contribution in [3.05, 3.63) is 46.1 Å². The Morgan fingerprint density at radius 1 is 1.36 bits per heavy atom. The molecule has 1 aromatic carbocycles. The lowest BCUT2D eigenvalue weighted by Crippen LogP contribution is -2.08. The second-order valence-electron chi connectivity index (χ2n) is 2.83. The molecule has 0 aliphatic heterocycles. The maximum Gasteiger partial charge on any atom is 0.256 e. The highest BCUT2D eigenvalue weighted by Crippen LogP contribution is 2.13. The fraction of sp³-hybridized carbons (Fsp3) is 0. The molecule has 0 aliphatic carbocycles. The van der Waals surface area contributed by atoms with E-state index in [2.05, 4.69) is 4.98 Å². The maximum atomic E-state index is 13.2. The number of halogens is 1. The summed E-state index contributed by atoms with van der Waals surface area (Å²) in [6.45, 7) is 0. The Hall–Kier alpha value is -2.15. The number of aromatic amines is 1. The van der Waals surface area contributed by atoms with Crippen LogP contribution in [-0.2, 0) is 0 Å². The first-order valence-corrected chi connectivity index (χ1v) is 3.94. The molecule has 2 aromatic rings. The molecule has 1 aromatic heterocycles. The average Bonchev–Trinajstić information content (AvgIpc) is 2.19. The fourth-order valence-electron chi connectivity index (χ4n) is 1.31. The van der Waals surface area contributed by atoms with Crippen LogP contribution in [0.3, 0.4) is 0 Å². The van der Waals surface area contributed by atoms with E-state index in [4.69, 9.17) is 5.26 Å². The molecular formula is C10H5FN2O. The minimum absolute atomic E-state index is 0.0626. The topological polar surface area (TPSA) is 56.6 Å². The number of fused-ring (bicyclic) bond motifs is 1. The largest absolute Gasteiger partial charge is 0.313 e. The molecule has 0 atom stereocenters. The molecule has 68 valence electrons. The van der Waals surface area contributed by atoms with Crippen LogP contribution in [0.15, 0.2) is 29.1 Å². The summed E-state index contributed by atoms with van der Waals surface area (Å²) in [6.07, 6.45) is 0. The number of nitriles is 1. The van der Waals surface area contributed by atoms with Crippen molar-refractivity contribution in [2.75, 3.05) is 0 Å². The van der Waals surface area contributed by atoms with Crippen LogP contribution in [0.25, 0.3) is 10.8 Å². The summed E-state index contributed by atoms with van der Waals surface area (Å²) in [7, 11) is 0. The first-order chi connectivity index (χ1) is 6.72. The molecular weight excluding hydrogens is 183 g/mol. The minimum atomic E-state index is -0.495. The van der Waals surface area contributed by atoms with Crippen molar-refractivity contribution in [2.24, 2.45) is 0 Å². The van der Waals surface area contributed by atoms with Crippen molar-refractivity contribution in [1.29, 1.82) is 5.26 Å². The van der Waals surface area contributed by atoms with Gasteiger partial charge in [0, 0.05) is 10.8 Å². The molecule has 0 unspecified atom stereocenters. The molecule has 0 fully saturated rings. The zero-order valence-corrected chi connectivity index (χ0v) is 7.04. The standard InChI is InChI=1S/C10H5FN2O/c11-9-3-1-2-7-8(9)4-6(5-12)13-10(7)14/h1-4H,(H,13,14). The maximum absolute atomic E-state index is 13.2. The molecule has 0 bridgehead atoms. The minimum Gasteiger partial charge on any atom is -0.313 e. The molecule has 2 rings (SSSR count). The van der Waals surface area contributed by atoms with Crippen LogP contribution in [0.2, 0.25) is 0 Å². The molecule has 0 amide bonds. The van der Waals surface area contributed by atoms with Gasteiger partial charge in [0.2, 0.25) is 0 Å². The second kappa shape index (κ2) is 2.96. The molecule has 1 heterocycles. The van der Waals surface area contributed by atoms with Gasteiger partial charge in [0.25, 0.3) is 5.56 Å². The Balaban J connectivity index is 3.00. The van der Waals surface area contributed by atoms with Crippen molar-refractivity contribution in [1.82, 2.24) is 4.98 Å². The Morgan fingerprint density at radius 3 is 2.86 bits per heavy atom. The average molecular weight is 188 g/mol. The molecule has 0 spiro atoms. The van der Waals surface area contributed by atoms with E-state index in [1.54, 1.807) is 6.07 Å². The monoisotopic (exact) mass is 188 g/mol. The van der Waals surface area contributed by atoms with Gasteiger partial charge in [0.05, 0.1) is 0 Å². The van der Waals surface area contributed by atoms with Gasteiger partial charge in [-0.2, -0.15) is 5.26 Å². The second-order valence-corrected chi connectivity index (χ2v) is 2.83. The van der Waals surface area contributed by atoms with Gasteiger partial charge in [-0.15, -0.1) is 0 Å². The van der Waals surface area contributed by atoms with Crippen LogP contribution in [-0.4, -0.2) is 4.98 Å². The van der Waals surface area contributed by atoms with Crippen molar-refractivity contribution < 1.29 is 4.39 Å². The van der Waals surface area contributed by atoms with Gasteiger partial charge in [0.15, 0.2) is 0 Å². The smallest absolute Gasteiger partial charge is 0.256 e. The van der Waals surface area contributed by atoms with E-state index in [-0.39, 0.29) is 16.5 Å². The number of hydrogen-bond donors (Lipinski definition) is 1. The van der Waals surface area contributed by atoms with E-state index < -0.39 is 11.4 Å². The molecule has 1 N–H and O–H groups in total. The third kappa shape index (κ3) is 1.15. The Kier molecular flexibility index (Phi) is 1.79. The van der Waals surface area contributed by atoms with Crippen LogP contribution in [0.1, 0.15) is 5.69 Å². The lowest BCUT2D eigenvalue weighted by molar-refractivity contribution is 0.639. The highest BCUT2D eigenvalue weighted by Gasteiger charge is 2.04. The van der Waals surface area contributed by atoms with Crippen LogP contribution < -0.4 is 5.56 Å². The van der Waals surface area contributed by atoms with E-state index in [0.717, 1.165) is 0 Å². The first kappa shape index (κ1) is 8.45. The molecule has 0 saturated carbocycles. The number of H-pyrrole nitrogens is 1. The molecule has 3 nitrogen and oxygen atoms in total. The van der Waals surface area contributed by atoms with Crippen molar-refractivity contribution in [3.8, 4) is 6.07 Å².